The molecule has 2 aromatic carbocycles. The first-order valence-corrected chi connectivity index (χ1v) is 9.95. The van der Waals surface area contributed by atoms with Crippen LogP contribution in [0.5, 0.6) is 0 Å². The van der Waals surface area contributed by atoms with Crippen LogP contribution in [0.1, 0.15) is 18.4 Å². The minimum atomic E-state index is -4.14. The first kappa shape index (κ1) is 16.0. The monoisotopic (exact) mass is 352 g/mol. The van der Waals surface area contributed by atoms with E-state index < -0.39 is 24.9 Å². The van der Waals surface area contributed by atoms with E-state index >= 15 is 0 Å². The van der Waals surface area contributed by atoms with E-state index in [2.05, 4.69) is 0 Å². The summed E-state index contributed by atoms with van der Waals surface area (Å²) in [6, 6.07) is 12.6. The molecule has 1 aliphatic heterocycles. The molecule has 0 aliphatic carbocycles. The molecule has 122 valence electrons. The lowest BCUT2D eigenvalue weighted by molar-refractivity contribution is 0.580. The van der Waals surface area contributed by atoms with E-state index in [4.69, 9.17) is 5.14 Å². The summed E-state index contributed by atoms with van der Waals surface area (Å²) < 4.78 is 50.7. The molecule has 0 aromatic heterocycles. The molecule has 0 spiro atoms. The third-order valence-electron chi connectivity index (χ3n) is 3.90. The lowest BCUT2D eigenvalue weighted by atomic mass is 10.0. The van der Waals surface area contributed by atoms with Gasteiger partial charge in [-0.25, -0.2) is 22.0 Å². The van der Waals surface area contributed by atoms with Gasteiger partial charge >= 0.3 is 0 Å². The van der Waals surface area contributed by atoms with E-state index in [0.717, 1.165) is 5.56 Å². The van der Waals surface area contributed by atoms with Crippen molar-refractivity contribution in [1.82, 2.24) is 0 Å². The number of anilines is 1. The molecular formula is C15H16N2O4S2. The molecule has 0 saturated carbocycles. The highest BCUT2D eigenvalue weighted by molar-refractivity contribution is 7.94. The second-order valence-electron chi connectivity index (χ2n) is 5.49. The van der Waals surface area contributed by atoms with E-state index in [1.165, 1.54) is 28.6 Å². The Balaban J connectivity index is 2.20. The van der Waals surface area contributed by atoms with Gasteiger partial charge in [0.2, 0.25) is 10.0 Å². The average Bonchev–Trinajstić information content (AvgIpc) is 2.85. The van der Waals surface area contributed by atoms with Crippen molar-refractivity contribution in [3.8, 4) is 0 Å². The van der Waals surface area contributed by atoms with Gasteiger partial charge in [0.1, 0.15) is 9.79 Å². The zero-order chi connectivity index (χ0) is 16.8. The highest BCUT2D eigenvalue weighted by Crippen LogP contribution is 2.39. The molecule has 3 rings (SSSR count). The average molecular weight is 352 g/mol. The summed E-state index contributed by atoms with van der Waals surface area (Å²) in [6.45, 7) is 2.20. The van der Waals surface area contributed by atoms with Gasteiger partial charge in [-0.3, -0.25) is 4.31 Å². The van der Waals surface area contributed by atoms with Crippen molar-refractivity contribution in [3.63, 3.8) is 0 Å². The van der Waals surface area contributed by atoms with Gasteiger partial charge in [-0.1, -0.05) is 37.3 Å². The number of nitrogens with zero attached hydrogens (tertiary/aromatic N) is 1. The largest absolute Gasteiger partial charge is 0.265 e. The summed E-state index contributed by atoms with van der Waals surface area (Å²) in [6.07, 6.45) is 0. The van der Waals surface area contributed by atoms with Crippen molar-refractivity contribution in [1.29, 1.82) is 0 Å². The lowest BCUT2D eigenvalue weighted by Crippen LogP contribution is -2.31. The Morgan fingerprint density at radius 1 is 0.957 bits per heavy atom. The zero-order valence-electron chi connectivity index (χ0n) is 12.4. The van der Waals surface area contributed by atoms with E-state index in [1.807, 2.05) is 19.1 Å². The summed E-state index contributed by atoms with van der Waals surface area (Å²) in [5.74, 6) is 0.0302. The van der Waals surface area contributed by atoms with Crippen LogP contribution in [0.3, 0.4) is 0 Å². The zero-order valence-corrected chi connectivity index (χ0v) is 14.0. The Labute approximate surface area is 135 Å². The van der Waals surface area contributed by atoms with Crippen LogP contribution in [0.4, 0.5) is 5.69 Å². The number of rotatable bonds is 3. The third-order valence-corrected chi connectivity index (χ3v) is 6.84. The highest BCUT2D eigenvalue weighted by atomic mass is 32.2. The molecule has 0 amide bonds. The van der Waals surface area contributed by atoms with Crippen LogP contribution >= 0.6 is 0 Å². The smallest absolute Gasteiger partial charge is 0.265 e. The molecule has 2 aromatic rings. The number of primary sulfonamides is 1. The van der Waals surface area contributed by atoms with Crippen LogP contribution < -0.4 is 9.44 Å². The quantitative estimate of drug-likeness (QED) is 0.908. The predicted octanol–water partition coefficient (Wildman–Crippen LogP) is 1.65. The summed E-state index contributed by atoms with van der Waals surface area (Å²) in [7, 11) is -8.17. The highest BCUT2D eigenvalue weighted by Gasteiger charge is 2.36. The van der Waals surface area contributed by atoms with Crippen LogP contribution in [0, 0.1) is 0 Å². The molecule has 1 heterocycles. The summed E-state index contributed by atoms with van der Waals surface area (Å²) in [5.41, 5.74) is 1.49. The number of para-hydroxylation sites is 1. The van der Waals surface area contributed by atoms with Crippen LogP contribution in [-0.4, -0.2) is 23.4 Å². The van der Waals surface area contributed by atoms with Gasteiger partial charge in [0, 0.05) is 12.5 Å². The van der Waals surface area contributed by atoms with Gasteiger partial charge in [-0.2, -0.15) is 0 Å². The summed E-state index contributed by atoms with van der Waals surface area (Å²) in [5, 5.41) is 5.16. The normalized spacial score (nSPS) is 18.0. The molecule has 1 aliphatic rings. The van der Waals surface area contributed by atoms with Crippen molar-refractivity contribution in [2.75, 3.05) is 10.8 Å². The van der Waals surface area contributed by atoms with Crippen LogP contribution in [-0.2, 0) is 20.0 Å². The van der Waals surface area contributed by atoms with Crippen LogP contribution in [0.15, 0.2) is 58.3 Å². The van der Waals surface area contributed by atoms with Crippen LogP contribution in [0.25, 0.3) is 0 Å². The van der Waals surface area contributed by atoms with Crippen LogP contribution in [0.2, 0.25) is 0 Å². The molecule has 0 fully saturated rings. The molecule has 2 N–H and O–H groups in total. The lowest BCUT2D eigenvalue weighted by Gasteiger charge is -2.21. The Kier molecular flexibility index (Phi) is 3.70. The minimum absolute atomic E-state index is 0.0302. The number of sulfonamides is 2. The van der Waals surface area contributed by atoms with Gasteiger partial charge in [-0.05, 0) is 23.8 Å². The van der Waals surface area contributed by atoms with Gasteiger partial charge in [0.05, 0.1) is 5.69 Å². The summed E-state index contributed by atoms with van der Waals surface area (Å²) >= 11 is 0. The number of fused-ring (bicyclic) bond motifs is 1. The first-order valence-electron chi connectivity index (χ1n) is 6.96. The van der Waals surface area contributed by atoms with Gasteiger partial charge in [0.25, 0.3) is 10.0 Å². The first-order chi connectivity index (χ1) is 10.7. The Morgan fingerprint density at radius 3 is 2.17 bits per heavy atom. The number of hydrogen-bond acceptors (Lipinski definition) is 4. The fourth-order valence-corrected chi connectivity index (χ4v) is 5.76. The van der Waals surface area contributed by atoms with Crippen molar-refractivity contribution < 1.29 is 16.8 Å². The number of hydrogen-bond donors (Lipinski definition) is 1. The molecule has 0 bridgehead atoms. The number of benzene rings is 2. The number of nitrogens with two attached hydrogens (primary N) is 1. The molecular weight excluding hydrogens is 336 g/mol. The third kappa shape index (κ3) is 2.62. The topological polar surface area (TPSA) is 97.5 Å². The fourth-order valence-electron chi connectivity index (χ4n) is 2.82. The molecule has 1 unspecified atom stereocenters. The van der Waals surface area contributed by atoms with E-state index in [-0.39, 0.29) is 17.4 Å². The fraction of sp³-hybridized carbons (Fsp3) is 0.200. The van der Waals surface area contributed by atoms with E-state index in [1.54, 1.807) is 12.1 Å². The van der Waals surface area contributed by atoms with E-state index in [9.17, 15) is 16.8 Å². The van der Waals surface area contributed by atoms with Gasteiger partial charge in [-0.15, -0.1) is 0 Å². The summed E-state index contributed by atoms with van der Waals surface area (Å²) in [4.78, 5) is -0.691. The molecule has 23 heavy (non-hydrogen) atoms. The molecule has 8 heteroatoms. The Morgan fingerprint density at radius 2 is 1.52 bits per heavy atom. The second kappa shape index (κ2) is 5.33. The Bertz CT molecular complexity index is 968. The maximum absolute atomic E-state index is 13.0. The second-order valence-corrected chi connectivity index (χ2v) is 8.85. The predicted molar refractivity (Wildman–Crippen MR) is 87.2 cm³/mol. The molecule has 1 atom stereocenters. The van der Waals surface area contributed by atoms with Crippen molar-refractivity contribution in [2.24, 2.45) is 5.14 Å². The SMILES string of the molecule is CC1CN(S(=O)(=O)c2ccccc2S(N)(=O)=O)c2ccccc21. The van der Waals surface area contributed by atoms with Crippen molar-refractivity contribution in [3.05, 3.63) is 54.1 Å². The van der Waals surface area contributed by atoms with E-state index in [0.29, 0.717) is 5.69 Å². The molecule has 6 nitrogen and oxygen atoms in total. The van der Waals surface area contributed by atoms with Crippen molar-refractivity contribution in [2.45, 2.75) is 22.6 Å². The van der Waals surface area contributed by atoms with Gasteiger partial charge in [0.15, 0.2) is 0 Å². The maximum Gasteiger partial charge on any atom is 0.265 e. The molecule has 0 radical (unpaired) electrons. The molecule has 0 saturated heterocycles. The maximum atomic E-state index is 13.0. The standard InChI is InChI=1S/C15H16N2O4S2/c1-11-10-17(13-7-3-2-6-12(11)13)23(20,21)15-9-5-4-8-14(15)22(16,18)19/h2-9,11H,10H2,1H3,(H2,16,18,19). The van der Waals surface area contributed by atoms with Gasteiger partial charge < -0.3 is 0 Å². The minimum Gasteiger partial charge on any atom is -0.265 e. The van der Waals surface area contributed by atoms with Crippen molar-refractivity contribution >= 4 is 25.7 Å². The Hall–Kier alpha value is -1.90.